The quantitative estimate of drug-likeness (QED) is 0.641. The van der Waals surface area contributed by atoms with E-state index in [2.05, 4.69) is 9.88 Å². The van der Waals surface area contributed by atoms with Crippen LogP contribution in [-0.4, -0.2) is 24.1 Å². The van der Waals surface area contributed by atoms with Crippen LogP contribution in [0.15, 0.2) is 35.9 Å². The average Bonchev–Trinajstić information content (AvgIpc) is 3.43. The van der Waals surface area contributed by atoms with E-state index >= 15 is 0 Å². The van der Waals surface area contributed by atoms with Crippen LogP contribution in [0.25, 0.3) is 11.8 Å². The molecule has 0 saturated heterocycles. The molecule has 26 heavy (non-hydrogen) atoms. The van der Waals surface area contributed by atoms with Crippen molar-refractivity contribution in [2.24, 2.45) is 5.92 Å². The zero-order chi connectivity index (χ0) is 18.7. The Kier molecular flexibility index (Phi) is 5.13. The maximum Gasteiger partial charge on any atom is 0.261 e. The summed E-state index contributed by atoms with van der Waals surface area (Å²) < 4.78 is 7.31. The number of rotatable bonds is 6. The molecule has 1 fully saturated rings. The molecule has 134 valence electrons. The fourth-order valence-electron chi connectivity index (χ4n) is 3.02. The van der Waals surface area contributed by atoms with Crippen molar-refractivity contribution in [2.45, 2.75) is 26.7 Å². The maximum absolute atomic E-state index is 12.2. The van der Waals surface area contributed by atoms with Gasteiger partial charge < -0.3 is 14.6 Å². The fraction of sp³-hybridized carbons (Fsp3) is 0.333. The van der Waals surface area contributed by atoms with E-state index in [1.165, 1.54) is 0 Å². The molecule has 5 nitrogen and oxygen atoms in total. The normalized spacial score (nSPS) is 14.0. The molecular weight excluding hydrogens is 326 g/mol. The van der Waals surface area contributed by atoms with Gasteiger partial charge in [-0.2, -0.15) is 5.26 Å². The first kappa shape index (κ1) is 17.8. The van der Waals surface area contributed by atoms with Gasteiger partial charge in [0, 0.05) is 23.6 Å². The number of nitriles is 1. The minimum Gasteiger partial charge on any atom is -0.497 e. The van der Waals surface area contributed by atoms with Gasteiger partial charge in [-0.15, -0.1) is 0 Å². The molecule has 0 spiro atoms. The topological polar surface area (TPSA) is 67.0 Å². The summed E-state index contributed by atoms with van der Waals surface area (Å²) in [6.45, 7) is 4.65. The first-order valence-electron chi connectivity index (χ1n) is 8.77. The van der Waals surface area contributed by atoms with E-state index in [4.69, 9.17) is 4.74 Å². The molecule has 1 aromatic heterocycles. The lowest BCUT2D eigenvalue weighted by molar-refractivity contribution is -0.117. The Balaban J connectivity index is 1.87. The number of carbonyl (C=O) groups excluding carboxylic acids is 1. The molecule has 1 saturated carbocycles. The highest BCUT2D eigenvalue weighted by molar-refractivity contribution is 6.01. The van der Waals surface area contributed by atoms with Crippen LogP contribution in [0.1, 0.15) is 29.8 Å². The van der Waals surface area contributed by atoms with Crippen molar-refractivity contribution in [2.75, 3.05) is 13.7 Å². The number of ether oxygens (including phenoxy) is 1. The van der Waals surface area contributed by atoms with Gasteiger partial charge in [0.15, 0.2) is 0 Å². The second-order valence-electron chi connectivity index (χ2n) is 6.68. The third kappa shape index (κ3) is 3.80. The van der Waals surface area contributed by atoms with E-state index in [0.717, 1.165) is 41.2 Å². The Morgan fingerprint density at radius 2 is 2.04 bits per heavy atom. The third-order valence-electron chi connectivity index (χ3n) is 4.71. The molecule has 0 bridgehead atoms. The van der Waals surface area contributed by atoms with Crippen LogP contribution in [0.4, 0.5) is 0 Å². The predicted octanol–water partition coefficient (Wildman–Crippen LogP) is 3.54. The number of aryl methyl sites for hydroxylation is 1. The molecule has 0 unspecified atom stereocenters. The maximum atomic E-state index is 12.2. The Morgan fingerprint density at radius 3 is 2.62 bits per heavy atom. The van der Waals surface area contributed by atoms with Crippen molar-refractivity contribution in [3.63, 3.8) is 0 Å². The van der Waals surface area contributed by atoms with Crippen LogP contribution in [0.5, 0.6) is 5.75 Å². The largest absolute Gasteiger partial charge is 0.497 e. The number of aromatic nitrogens is 1. The van der Waals surface area contributed by atoms with Gasteiger partial charge in [0.2, 0.25) is 0 Å². The molecule has 0 atom stereocenters. The number of methoxy groups -OCH3 is 1. The summed E-state index contributed by atoms with van der Waals surface area (Å²) in [6, 6.07) is 11.8. The van der Waals surface area contributed by atoms with E-state index in [1.807, 2.05) is 50.2 Å². The molecule has 1 aliphatic carbocycles. The Labute approximate surface area is 153 Å². The van der Waals surface area contributed by atoms with Crippen molar-refractivity contribution in [3.05, 3.63) is 52.9 Å². The van der Waals surface area contributed by atoms with Gasteiger partial charge in [-0.25, -0.2) is 0 Å². The number of benzene rings is 1. The van der Waals surface area contributed by atoms with E-state index in [0.29, 0.717) is 12.5 Å². The molecule has 0 aliphatic heterocycles. The van der Waals surface area contributed by atoms with Gasteiger partial charge in [-0.05, 0) is 74.6 Å². The van der Waals surface area contributed by atoms with Crippen LogP contribution < -0.4 is 10.1 Å². The van der Waals surface area contributed by atoms with Crippen molar-refractivity contribution in [3.8, 4) is 17.5 Å². The highest BCUT2D eigenvalue weighted by Crippen LogP contribution is 2.28. The Morgan fingerprint density at radius 1 is 1.35 bits per heavy atom. The van der Waals surface area contributed by atoms with Crippen molar-refractivity contribution >= 4 is 12.0 Å². The second kappa shape index (κ2) is 7.49. The number of hydrogen-bond acceptors (Lipinski definition) is 3. The number of amides is 1. The van der Waals surface area contributed by atoms with Crippen LogP contribution in [0.2, 0.25) is 0 Å². The second-order valence-corrected chi connectivity index (χ2v) is 6.68. The van der Waals surface area contributed by atoms with E-state index < -0.39 is 0 Å². The molecule has 1 amide bonds. The van der Waals surface area contributed by atoms with E-state index in [1.54, 1.807) is 13.2 Å². The van der Waals surface area contributed by atoms with Gasteiger partial charge in [0.25, 0.3) is 5.91 Å². The monoisotopic (exact) mass is 349 g/mol. The van der Waals surface area contributed by atoms with Gasteiger partial charge in [0.05, 0.1) is 7.11 Å². The standard InChI is InChI=1S/C21H23N3O2/c1-14-10-17(11-18(12-22)21(25)23-13-16-4-5-16)15(2)24(14)19-6-8-20(26-3)9-7-19/h6-11,16H,4-5,13H2,1-3H3,(H,23,25)/b18-11+. The molecule has 0 radical (unpaired) electrons. The molecule has 2 aromatic rings. The van der Waals surface area contributed by atoms with Crippen molar-refractivity contribution < 1.29 is 9.53 Å². The highest BCUT2D eigenvalue weighted by Gasteiger charge is 2.22. The summed E-state index contributed by atoms with van der Waals surface area (Å²) >= 11 is 0. The Hall–Kier alpha value is -3.00. The Bertz CT molecular complexity index is 881. The number of carbonyl (C=O) groups is 1. The summed E-state index contributed by atoms with van der Waals surface area (Å²) in [5.74, 6) is 1.09. The highest BCUT2D eigenvalue weighted by atomic mass is 16.5. The molecule has 1 aliphatic rings. The summed E-state index contributed by atoms with van der Waals surface area (Å²) in [4.78, 5) is 12.2. The van der Waals surface area contributed by atoms with Crippen LogP contribution in [0, 0.1) is 31.1 Å². The minimum atomic E-state index is -0.298. The fourth-order valence-corrected chi connectivity index (χ4v) is 3.02. The summed E-state index contributed by atoms with van der Waals surface area (Å²) in [5.41, 5.74) is 4.04. The van der Waals surface area contributed by atoms with Gasteiger partial charge in [0.1, 0.15) is 17.4 Å². The lowest BCUT2D eigenvalue weighted by Gasteiger charge is -2.10. The number of nitrogens with zero attached hydrogens (tertiary/aromatic N) is 2. The molecular formula is C21H23N3O2. The van der Waals surface area contributed by atoms with Crippen molar-refractivity contribution in [1.82, 2.24) is 9.88 Å². The summed E-state index contributed by atoms with van der Waals surface area (Å²) in [7, 11) is 1.64. The van der Waals surface area contributed by atoms with Crippen molar-refractivity contribution in [1.29, 1.82) is 5.26 Å². The van der Waals surface area contributed by atoms with E-state index in [9.17, 15) is 10.1 Å². The molecule has 1 aromatic carbocycles. The molecule has 1 N–H and O–H groups in total. The summed E-state index contributed by atoms with van der Waals surface area (Å²) in [6.07, 6.45) is 3.99. The zero-order valence-corrected chi connectivity index (χ0v) is 15.4. The van der Waals surface area contributed by atoms with Crippen LogP contribution in [0.3, 0.4) is 0 Å². The predicted molar refractivity (Wildman–Crippen MR) is 101 cm³/mol. The summed E-state index contributed by atoms with van der Waals surface area (Å²) in [5, 5.41) is 12.2. The first-order valence-corrected chi connectivity index (χ1v) is 8.77. The van der Waals surface area contributed by atoms with Crippen LogP contribution >= 0.6 is 0 Å². The van der Waals surface area contributed by atoms with Gasteiger partial charge in [-0.3, -0.25) is 4.79 Å². The SMILES string of the molecule is COc1ccc(-n2c(C)cc(/C=C(\C#N)C(=O)NCC3CC3)c2C)cc1. The van der Waals surface area contributed by atoms with Gasteiger partial charge >= 0.3 is 0 Å². The molecule has 5 heteroatoms. The lowest BCUT2D eigenvalue weighted by atomic mass is 10.1. The molecule has 3 rings (SSSR count). The van der Waals surface area contributed by atoms with E-state index in [-0.39, 0.29) is 11.5 Å². The van der Waals surface area contributed by atoms with Crippen LogP contribution in [-0.2, 0) is 4.79 Å². The number of hydrogen-bond donors (Lipinski definition) is 1. The number of nitrogens with one attached hydrogen (secondary N) is 1. The minimum absolute atomic E-state index is 0.139. The van der Waals surface area contributed by atoms with Gasteiger partial charge in [-0.1, -0.05) is 0 Å². The molecule has 1 heterocycles. The third-order valence-corrected chi connectivity index (χ3v) is 4.71. The zero-order valence-electron chi connectivity index (χ0n) is 15.4. The average molecular weight is 349 g/mol. The lowest BCUT2D eigenvalue weighted by Crippen LogP contribution is -2.26. The first-order chi connectivity index (χ1) is 12.5. The smallest absolute Gasteiger partial charge is 0.261 e.